The number of carbonyl (C=O) groups is 1. The van der Waals surface area contributed by atoms with Crippen LogP contribution in [0, 0.1) is 5.82 Å². The number of carboxylic acids is 1. The van der Waals surface area contributed by atoms with Crippen LogP contribution in [-0.4, -0.2) is 20.6 Å². The molecule has 6 rings (SSSR count). The Morgan fingerprint density at radius 3 is 2.76 bits per heavy atom. The lowest BCUT2D eigenvalue weighted by atomic mass is 10.00. The maximum Gasteiger partial charge on any atom is 0.353 e. The number of aryl methyl sites for hydroxylation is 2. The van der Waals surface area contributed by atoms with E-state index in [9.17, 15) is 19.1 Å². The van der Waals surface area contributed by atoms with Gasteiger partial charge in [0.05, 0.1) is 18.8 Å². The van der Waals surface area contributed by atoms with E-state index in [0.29, 0.717) is 45.4 Å². The van der Waals surface area contributed by atoms with E-state index < -0.39 is 11.8 Å². The summed E-state index contributed by atoms with van der Waals surface area (Å²) in [6.45, 7) is 0.400. The summed E-state index contributed by atoms with van der Waals surface area (Å²) in [6, 6.07) is 10.1. The van der Waals surface area contributed by atoms with Gasteiger partial charge in [-0.15, -0.1) is 0 Å². The van der Waals surface area contributed by atoms with Gasteiger partial charge in [-0.2, -0.15) is 10.2 Å². The van der Waals surface area contributed by atoms with Gasteiger partial charge in [-0.05, 0) is 66.8 Å². The highest BCUT2D eigenvalue weighted by Gasteiger charge is 2.28. The van der Waals surface area contributed by atoms with Crippen LogP contribution in [0.4, 0.5) is 10.1 Å². The molecule has 2 aromatic carbocycles. The van der Waals surface area contributed by atoms with Crippen molar-refractivity contribution in [3.8, 4) is 11.1 Å². The van der Waals surface area contributed by atoms with Gasteiger partial charge in [-0.25, -0.2) is 9.18 Å². The van der Waals surface area contributed by atoms with Gasteiger partial charge in [0.15, 0.2) is 0 Å². The zero-order valence-electron chi connectivity index (χ0n) is 17.6. The molecule has 8 heteroatoms. The molecular weight excluding hydrogens is 423 g/mol. The van der Waals surface area contributed by atoms with Crippen molar-refractivity contribution < 1.29 is 14.3 Å². The molecule has 1 aliphatic carbocycles. The summed E-state index contributed by atoms with van der Waals surface area (Å²) in [4.78, 5) is 27.9. The van der Waals surface area contributed by atoms with Crippen molar-refractivity contribution in [1.29, 1.82) is 0 Å². The van der Waals surface area contributed by atoms with E-state index in [1.54, 1.807) is 16.7 Å². The molecule has 3 heterocycles. The van der Waals surface area contributed by atoms with Gasteiger partial charge in [0, 0.05) is 39.4 Å². The highest BCUT2D eigenvalue weighted by atomic mass is 19.1. The minimum absolute atomic E-state index is 0.00156. The second kappa shape index (κ2) is 7.23. The number of nitrogens with zero attached hydrogens (tertiary/aromatic N) is 3. The molecule has 0 unspecified atom stereocenters. The lowest BCUT2D eigenvalue weighted by molar-refractivity contribution is 0.0687. The first kappa shape index (κ1) is 19.6. The molecule has 0 saturated carbocycles. The molecular formula is C25H19FN4O3. The first-order valence-corrected chi connectivity index (χ1v) is 10.8. The molecule has 0 bridgehead atoms. The third-order valence-corrected chi connectivity index (χ3v) is 6.54. The van der Waals surface area contributed by atoms with Gasteiger partial charge in [-0.1, -0.05) is 0 Å². The number of nitrogens with one attached hydrogen (secondary N) is 1. The van der Waals surface area contributed by atoms with E-state index in [0.717, 1.165) is 19.3 Å². The van der Waals surface area contributed by atoms with Gasteiger partial charge >= 0.3 is 5.97 Å². The average Bonchev–Trinajstić information content (AvgIpc) is 3.50. The maximum absolute atomic E-state index is 14.3. The molecule has 7 nitrogen and oxygen atoms in total. The summed E-state index contributed by atoms with van der Waals surface area (Å²) in [5.41, 5.74) is 5.18. The summed E-state index contributed by atoms with van der Waals surface area (Å²) in [7, 11) is 0. The van der Waals surface area contributed by atoms with E-state index in [1.807, 2.05) is 12.1 Å². The Morgan fingerprint density at radius 2 is 1.97 bits per heavy atom. The molecule has 2 N–H and O–H groups in total. The summed E-state index contributed by atoms with van der Waals surface area (Å²) in [5.74, 6) is -1.57. The second-order valence-corrected chi connectivity index (χ2v) is 8.49. The Balaban J connectivity index is 1.68. The molecule has 1 aliphatic heterocycles. The number of aromatic nitrogens is 2. The highest BCUT2D eigenvalue weighted by molar-refractivity contribution is 6.08. The van der Waals surface area contributed by atoms with Crippen LogP contribution in [-0.2, 0) is 25.9 Å². The quantitative estimate of drug-likeness (QED) is 0.467. The number of halogens is 1. The van der Waals surface area contributed by atoms with E-state index in [-0.39, 0.29) is 17.8 Å². The van der Waals surface area contributed by atoms with Crippen LogP contribution in [0.5, 0.6) is 0 Å². The van der Waals surface area contributed by atoms with E-state index in [1.165, 1.54) is 29.5 Å². The second-order valence-electron chi connectivity index (χ2n) is 8.49. The van der Waals surface area contributed by atoms with Crippen molar-refractivity contribution >= 4 is 22.6 Å². The van der Waals surface area contributed by atoms with Gasteiger partial charge in [0.1, 0.15) is 11.5 Å². The molecule has 2 aromatic heterocycles. The summed E-state index contributed by atoms with van der Waals surface area (Å²) in [6.07, 6.45) is 4.39. The van der Waals surface area contributed by atoms with Gasteiger partial charge < -0.3 is 14.7 Å². The number of aromatic amines is 1. The summed E-state index contributed by atoms with van der Waals surface area (Å²) < 4.78 is 16.0. The molecule has 0 atom stereocenters. The van der Waals surface area contributed by atoms with Crippen LogP contribution < -0.4 is 5.56 Å². The Bertz CT molecular complexity index is 1560. The zero-order valence-corrected chi connectivity index (χ0v) is 17.6. The van der Waals surface area contributed by atoms with Crippen molar-refractivity contribution in [2.75, 3.05) is 0 Å². The smallest absolute Gasteiger partial charge is 0.353 e. The molecule has 4 aromatic rings. The van der Waals surface area contributed by atoms with Gasteiger partial charge in [0.2, 0.25) is 0 Å². The van der Waals surface area contributed by atoms with Gasteiger partial charge in [0.25, 0.3) is 5.56 Å². The lowest BCUT2D eigenvalue weighted by Crippen LogP contribution is -2.13. The Hall–Kier alpha value is -4.07. The van der Waals surface area contributed by atoms with E-state index in [2.05, 4.69) is 15.2 Å². The summed E-state index contributed by atoms with van der Waals surface area (Å²) in [5, 5.41) is 19.2. The SMILES string of the molecule is O=C(O)c1c(-c2ccc[nH]c2=O)c2cc3c(cc2n1Cc1cc(F)cc2c1N=NC2)CCC3. The summed E-state index contributed by atoms with van der Waals surface area (Å²) >= 11 is 0. The Morgan fingerprint density at radius 1 is 1.15 bits per heavy atom. The minimum atomic E-state index is -1.15. The molecule has 0 amide bonds. The number of azo groups is 1. The third kappa shape index (κ3) is 3.01. The fraction of sp³-hybridized carbons (Fsp3) is 0.200. The fourth-order valence-electron chi connectivity index (χ4n) is 5.13. The number of benzene rings is 2. The number of H-pyrrole nitrogens is 1. The first-order chi connectivity index (χ1) is 16.0. The topological polar surface area (TPSA) is 99.8 Å². The van der Waals surface area contributed by atoms with E-state index >= 15 is 0 Å². The molecule has 0 saturated heterocycles. The fourth-order valence-corrected chi connectivity index (χ4v) is 5.13. The number of rotatable bonds is 4. The monoisotopic (exact) mass is 442 g/mol. The van der Waals surface area contributed by atoms with Crippen molar-refractivity contribution in [1.82, 2.24) is 9.55 Å². The lowest BCUT2D eigenvalue weighted by Gasteiger charge is -2.12. The number of aromatic carboxylic acids is 1. The van der Waals surface area contributed by atoms with Crippen molar-refractivity contribution in [2.24, 2.45) is 10.2 Å². The normalized spacial score (nSPS) is 14.1. The number of carboxylic acid groups (broad SMARTS) is 1. The van der Waals surface area contributed by atoms with Crippen LogP contribution >= 0.6 is 0 Å². The predicted octanol–water partition coefficient (Wildman–Crippen LogP) is 4.97. The molecule has 0 radical (unpaired) electrons. The molecule has 0 fully saturated rings. The van der Waals surface area contributed by atoms with E-state index in [4.69, 9.17) is 0 Å². The molecule has 0 spiro atoms. The minimum Gasteiger partial charge on any atom is -0.477 e. The number of hydrogen-bond acceptors (Lipinski definition) is 4. The standard InChI is InChI=1S/C25H19FN4O3/c26-17-7-15-11-28-29-22(15)16(8-17)12-30-20-10-14-4-1-3-13(14)9-19(20)21(23(30)25(32)33)18-5-2-6-27-24(18)31/h2,5-10H,1,3-4,11-12H2,(H,27,31)(H,32,33). The highest BCUT2D eigenvalue weighted by Crippen LogP contribution is 2.39. The predicted molar refractivity (Wildman–Crippen MR) is 121 cm³/mol. The number of fused-ring (bicyclic) bond motifs is 3. The van der Waals surface area contributed by atoms with Crippen LogP contribution in [0.2, 0.25) is 0 Å². The largest absolute Gasteiger partial charge is 0.477 e. The number of hydrogen-bond donors (Lipinski definition) is 2. The average molecular weight is 442 g/mol. The molecule has 164 valence electrons. The van der Waals surface area contributed by atoms with Crippen LogP contribution in [0.25, 0.3) is 22.0 Å². The van der Waals surface area contributed by atoms with Crippen LogP contribution in [0.1, 0.15) is 39.2 Å². The van der Waals surface area contributed by atoms with Crippen LogP contribution in [0.3, 0.4) is 0 Å². The van der Waals surface area contributed by atoms with Gasteiger partial charge in [-0.3, -0.25) is 4.79 Å². The van der Waals surface area contributed by atoms with Crippen molar-refractivity contribution in [2.45, 2.75) is 32.4 Å². The first-order valence-electron chi connectivity index (χ1n) is 10.8. The molecule has 2 aliphatic rings. The zero-order chi connectivity index (χ0) is 22.7. The van der Waals surface area contributed by atoms with Crippen molar-refractivity contribution in [3.63, 3.8) is 0 Å². The molecule has 33 heavy (non-hydrogen) atoms. The van der Waals surface area contributed by atoms with Crippen molar-refractivity contribution in [3.05, 3.63) is 86.7 Å². The Labute approximate surface area is 187 Å². The van der Waals surface area contributed by atoms with Crippen LogP contribution in [0.15, 0.2) is 57.6 Å². The maximum atomic E-state index is 14.3. The third-order valence-electron chi connectivity index (χ3n) is 6.54. The Kier molecular flexibility index (Phi) is 4.29. The number of pyridine rings is 1.